The first-order valence-corrected chi connectivity index (χ1v) is 8.86. The quantitative estimate of drug-likeness (QED) is 0.648. The maximum atomic E-state index is 12.2. The van der Waals surface area contributed by atoms with Crippen LogP contribution in [-0.2, 0) is 11.2 Å². The highest BCUT2D eigenvalue weighted by Gasteiger charge is 2.14. The van der Waals surface area contributed by atoms with Crippen molar-refractivity contribution in [3.8, 4) is 23.0 Å². The van der Waals surface area contributed by atoms with Crippen molar-refractivity contribution in [1.29, 1.82) is 0 Å². The molecule has 2 rings (SSSR count). The maximum absolute atomic E-state index is 12.2. The van der Waals surface area contributed by atoms with E-state index in [9.17, 15) is 4.79 Å². The molecule has 2 aromatic rings. The Bertz CT molecular complexity index is 747. The molecule has 6 heteroatoms. The molecule has 27 heavy (non-hydrogen) atoms. The summed E-state index contributed by atoms with van der Waals surface area (Å²) in [6.45, 7) is 2.29. The van der Waals surface area contributed by atoms with Crippen LogP contribution in [0.5, 0.6) is 23.0 Å². The number of ether oxygens (including phenoxy) is 4. The number of methoxy groups -OCH3 is 3. The highest BCUT2D eigenvalue weighted by Crippen LogP contribution is 2.27. The Labute approximate surface area is 160 Å². The highest BCUT2D eigenvalue weighted by atomic mass is 16.5. The fourth-order valence-corrected chi connectivity index (χ4v) is 2.62. The van der Waals surface area contributed by atoms with Crippen LogP contribution in [0.3, 0.4) is 0 Å². The van der Waals surface area contributed by atoms with Gasteiger partial charge in [0, 0.05) is 12.6 Å². The lowest BCUT2D eigenvalue weighted by atomic mass is 10.1. The zero-order valence-corrected chi connectivity index (χ0v) is 16.3. The van der Waals surface area contributed by atoms with E-state index in [4.69, 9.17) is 18.9 Å². The minimum absolute atomic E-state index is 0.148. The number of rotatable bonds is 10. The lowest BCUT2D eigenvalue weighted by Gasteiger charge is -2.15. The molecule has 0 fully saturated rings. The molecule has 1 N–H and O–H groups in total. The minimum atomic E-state index is -0.585. The van der Waals surface area contributed by atoms with E-state index in [2.05, 4.69) is 5.32 Å². The number of carbonyl (C=O) groups is 1. The summed E-state index contributed by atoms with van der Waals surface area (Å²) < 4.78 is 21.4. The van der Waals surface area contributed by atoms with Crippen LogP contribution in [-0.4, -0.2) is 39.9 Å². The molecule has 6 nitrogen and oxygen atoms in total. The van der Waals surface area contributed by atoms with Crippen LogP contribution in [0.2, 0.25) is 0 Å². The molecular formula is C21H27NO5. The summed E-state index contributed by atoms with van der Waals surface area (Å²) >= 11 is 0. The molecule has 0 aromatic heterocycles. The third-order valence-electron chi connectivity index (χ3n) is 4.11. The molecule has 2 aromatic carbocycles. The van der Waals surface area contributed by atoms with Crippen molar-refractivity contribution in [3.63, 3.8) is 0 Å². The fourth-order valence-electron chi connectivity index (χ4n) is 2.62. The number of hydrogen-bond donors (Lipinski definition) is 1. The average molecular weight is 373 g/mol. The number of hydrogen-bond acceptors (Lipinski definition) is 5. The number of nitrogens with one attached hydrogen (secondary N) is 1. The monoisotopic (exact) mass is 373 g/mol. The highest BCUT2D eigenvalue weighted by molar-refractivity contribution is 5.80. The number of aryl methyl sites for hydroxylation is 1. The Kier molecular flexibility index (Phi) is 7.79. The Morgan fingerprint density at radius 1 is 0.963 bits per heavy atom. The van der Waals surface area contributed by atoms with Gasteiger partial charge in [0.25, 0.3) is 5.91 Å². The molecule has 0 bridgehead atoms. The van der Waals surface area contributed by atoms with E-state index in [1.54, 1.807) is 40.4 Å². The lowest BCUT2D eigenvalue weighted by molar-refractivity contribution is -0.127. The van der Waals surface area contributed by atoms with Gasteiger partial charge in [0.05, 0.1) is 21.3 Å². The van der Waals surface area contributed by atoms with Crippen LogP contribution in [0.25, 0.3) is 0 Å². The van der Waals surface area contributed by atoms with E-state index >= 15 is 0 Å². The summed E-state index contributed by atoms with van der Waals surface area (Å²) in [4.78, 5) is 12.2. The van der Waals surface area contributed by atoms with E-state index in [0.717, 1.165) is 18.4 Å². The molecule has 1 atom stereocenters. The van der Waals surface area contributed by atoms with Gasteiger partial charge in [-0.3, -0.25) is 4.79 Å². The third kappa shape index (κ3) is 6.09. The van der Waals surface area contributed by atoms with Gasteiger partial charge in [-0.25, -0.2) is 0 Å². The van der Waals surface area contributed by atoms with Crippen molar-refractivity contribution in [2.75, 3.05) is 27.9 Å². The Balaban J connectivity index is 1.76. The van der Waals surface area contributed by atoms with Crippen molar-refractivity contribution < 1.29 is 23.7 Å². The number of amides is 1. The van der Waals surface area contributed by atoms with Gasteiger partial charge in [0.2, 0.25) is 0 Å². The van der Waals surface area contributed by atoms with E-state index in [-0.39, 0.29) is 5.91 Å². The van der Waals surface area contributed by atoms with Crippen molar-refractivity contribution in [3.05, 3.63) is 48.0 Å². The van der Waals surface area contributed by atoms with E-state index in [0.29, 0.717) is 29.5 Å². The van der Waals surface area contributed by atoms with E-state index in [1.165, 1.54) is 0 Å². The van der Waals surface area contributed by atoms with Gasteiger partial charge < -0.3 is 24.3 Å². The van der Waals surface area contributed by atoms with Gasteiger partial charge in [-0.15, -0.1) is 0 Å². The van der Waals surface area contributed by atoms with Crippen molar-refractivity contribution in [2.45, 2.75) is 25.9 Å². The molecule has 0 heterocycles. The summed E-state index contributed by atoms with van der Waals surface area (Å²) in [5.74, 6) is 2.56. The molecule has 0 unspecified atom stereocenters. The van der Waals surface area contributed by atoms with Crippen LogP contribution in [0.1, 0.15) is 18.9 Å². The number of benzene rings is 2. The number of carbonyl (C=O) groups excluding carboxylic acids is 1. The first-order chi connectivity index (χ1) is 13.1. The Hall–Kier alpha value is -2.89. The van der Waals surface area contributed by atoms with Gasteiger partial charge in [-0.2, -0.15) is 0 Å². The predicted molar refractivity (Wildman–Crippen MR) is 104 cm³/mol. The smallest absolute Gasteiger partial charge is 0.260 e. The SMILES string of the molecule is COc1cccc(O[C@@H](C)C(=O)NCCCc2ccc(OC)c(OC)c2)c1. The van der Waals surface area contributed by atoms with Gasteiger partial charge in [0.15, 0.2) is 17.6 Å². The molecule has 1 amide bonds. The second kappa shape index (κ2) is 10.3. The van der Waals surface area contributed by atoms with Crippen LogP contribution < -0.4 is 24.3 Å². The molecule has 0 aliphatic rings. The first kappa shape index (κ1) is 20.4. The Morgan fingerprint density at radius 2 is 1.70 bits per heavy atom. The van der Waals surface area contributed by atoms with Crippen LogP contribution in [0, 0.1) is 0 Å². The molecule has 0 aliphatic carbocycles. The summed E-state index contributed by atoms with van der Waals surface area (Å²) in [6, 6.07) is 13.0. The van der Waals surface area contributed by atoms with Crippen LogP contribution >= 0.6 is 0 Å². The van der Waals surface area contributed by atoms with Crippen molar-refractivity contribution in [2.24, 2.45) is 0 Å². The summed E-state index contributed by atoms with van der Waals surface area (Å²) in [5.41, 5.74) is 1.13. The van der Waals surface area contributed by atoms with Crippen LogP contribution in [0.4, 0.5) is 0 Å². The molecule has 0 aliphatic heterocycles. The van der Waals surface area contributed by atoms with Gasteiger partial charge >= 0.3 is 0 Å². The normalized spacial score (nSPS) is 11.4. The minimum Gasteiger partial charge on any atom is -0.497 e. The molecule has 0 saturated heterocycles. The standard InChI is InChI=1S/C21H27NO5/c1-15(27-18-9-5-8-17(14-18)24-2)21(23)22-12-6-7-16-10-11-19(25-3)20(13-16)26-4/h5,8-11,13-15H,6-7,12H2,1-4H3,(H,22,23)/t15-/m0/s1. The van der Waals surface area contributed by atoms with Gasteiger partial charge in [0.1, 0.15) is 11.5 Å². The van der Waals surface area contributed by atoms with Gasteiger partial charge in [-0.05, 0) is 49.6 Å². The molecular weight excluding hydrogens is 346 g/mol. The van der Waals surface area contributed by atoms with Crippen molar-refractivity contribution in [1.82, 2.24) is 5.32 Å². The molecule has 0 saturated carbocycles. The summed E-state index contributed by atoms with van der Waals surface area (Å²) in [5, 5.41) is 2.90. The van der Waals surface area contributed by atoms with Crippen LogP contribution in [0.15, 0.2) is 42.5 Å². The molecule has 146 valence electrons. The van der Waals surface area contributed by atoms with E-state index in [1.807, 2.05) is 30.3 Å². The first-order valence-electron chi connectivity index (χ1n) is 8.86. The maximum Gasteiger partial charge on any atom is 0.260 e. The molecule has 0 radical (unpaired) electrons. The Morgan fingerprint density at radius 3 is 2.41 bits per heavy atom. The topological polar surface area (TPSA) is 66.0 Å². The third-order valence-corrected chi connectivity index (χ3v) is 4.11. The zero-order chi connectivity index (χ0) is 19.6. The van der Waals surface area contributed by atoms with Crippen molar-refractivity contribution >= 4 is 5.91 Å². The average Bonchev–Trinajstić information content (AvgIpc) is 2.70. The van der Waals surface area contributed by atoms with E-state index < -0.39 is 6.10 Å². The predicted octanol–water partition coefficient (Wildman–Crippen LogP) is 3.23. The summed E-state index contributed by atoms with van der Waals surface area (Å²) in [7, 11) is 4.82. The largest absolute Gasteiger partial charge is 0.497 e. The fraction of sp³-hybridized carbons (Fsp3) is 0.381. The summed E-state index contributed by atoms with van der Waals surface area (Å²) in [6.07, 6.45) is 1.05. The second-order valence-electron chi connectivity index (χ2n) is 6.02. The van der Waals surface area contributed by atoms with Gasteiger partial charge in [-0.1, -0.05) is 12.1 Å². The molecule has 0 spiro atoms. The zero-order valence-electron chi connectivity index (χ0n) is 16.3. The second-order valence-corrected chi connectivity index (χ2v) is 6.02. The lowest BCUT2D eigenvalue weighted by Crippen LogP contribution is -2.36.